The molecule has 2 aromatic rings. The van der Waals surface area contributed by atoms with Gasteiger partial charge >= 0.3 is 0 Å². The van der Waals surface area contributed by atoms with E-state index in [2.05, 4.69) is 33.4 Å². The molecule has 4 rings (SSSR count). The van der Waals surface area contributed by atoms with Crippen molar-refractivity contribution in [3.8, 4) is 5.75 Å². The maximum Gasteiger partial charge on any atom is 0.293 e. The molecule has 2 atom stereocenters. The van der Waals surface area contributed by atoms with Crippen LogP contribution in [0.1, 0.15) is 30.4 Å². The number of nitrogens with zero attached hydrogens (tertiary/aromatic N) is 3. The van der Waals surface area contributed by atoms with E-state index in [0.717, 1.165) is 50.9 Å². The molecule has 1 fully saturated rings. The van der Waals surface area contributed by atoms with E-state index in [1.807, 2.05) is 0 Å². The molecule has 2 heterocycles. The van der Waals surface area contributed by atoms with E-state index in [4.69, 9.17) is 4.74 Å². The number of methoxy groups -OCH3 is 1. The Kier molecular flexibility index (Phi) is 5.16. The van der Waals surface area contributed by atoms with Crippen molar-refractivity contribution in [3.63, 3.8) is 0 Å². The number of rotatable bonds is 4. The summed E-state index contributed by atoms with van der Waals surface area (Å²) in [5, 5.41) is 3.85. The number of fused-ring (bicyclic) bond motifs is 1. The fourth-order valence-electron chi connectivity index (χ4n) is 4.34. The van der Waals surface area contributed by atoms with E-state index in [1.165, 1.54) is 11.1 Å². The van der Waals surface area contributed by atoms with Crippen LogP contribution in [0.4, 0.5) is 5.82 Å². The zero-order valence-electron chi connectivity index (χ0n) is 16.1. The maximum absolute atomic E-state index is 12.4. The lowest BCUT2D eigenvalue weighted by molar-refractivity contribution is 0.349. The van der Waals surface area contributed by atoms with Gasteiger partial charge in [-0.25, -0.2) is 4.98 Å². The smallest absolute Gasteiger partial charge is 0.293 e. The van der Waals surface area contributed by atoms with Gasteiger partial charge in [-0.05, 0) is 55.4 Å². The molecule has 0 saturated carbocycles. The molecule has 1 aromatic heterocycles. The van der Waals surface area contributed by atoms with Gasteiger partial charge in [-0.1, -0.05) is 6.07 Å². The molecule has 0 amide bonds. The van der Waals surface area contributed by atoms with E-state index in [9.17, 15) is 4.79 Å². The van der Waals surface area contributed by atoms with Crippen LogP contribution < -0.4 is 20.5 Å². The molecular weight excluding hydrogens is 340 g/mol. The first kappa shape index (κ1) is 18.0. The molecule has 144 valence electrons. The molecule has 6 heteroatoms. The average Bonchev–Trinajstić information content (AvgIpc) is 2.69. The summed E-state index contributed by atoms with van der Waals surface area (Å²) in [5.41, 5.74) is 2.82. The van der Waals surface area contributed by atoms with Crippen molar-refractivity contribution < 1.29 is 4.74 Å². The van der Waals surface area contributed by atoms with Gasteiger partial charge in [0.05, 0.1) is 7.11 Å². The summed E-state index contributed by atoms with van der Waals surface area (Å²) in [6.45, 7) is 1.74. The van der Waals surface area contributed by atoms with E-state index < -0.39 is 0 Å². The number of benzene rings is 1. The zero-order chi connectivity index (χ0) is 18.8. The highest BCUT2D eigenvalue weighted by Gasteiger charge is 2.26. The predicted molar refractivity (Wildman–Crippen MR) is 107 cm³/mol. The molecule has 1 aliphatic heterocycles. The Morgan fingerprint density at radius 2 is 2.11 bits per heavy atom. The Bertz CT molecular complexity index is 864. The van der Waals surface area contributed by atoms with Crippen molar-refractivity contribution in [2.75, 3.05) is 25.1 Å². The Hall–Kier alpha value is -2.34. The molecule has 1 N–H and O–H groups in total. The van der Waals surface area contributed by atoms with Gasteiger partial charge in [-0.2, -0.15) is 0 Å². The van der Waals surface area contributed by atoms with Crippen LogP contribution in [0.3, 0.4) is 0 Å². The van der Waals surface area contributed by atoms with E-state index in [-0.39, 0.29) is 5.56 Å². The topological polar surface area (TPSA) is 59.4 Å². The standard InChI is InChI=1S/C21H28N4O2/c1-24-11-9-22-20(21(24)26)25-10-3-4-18(14-25)23-17-7-5-15-6-8-19(27-2)13-16(15)12-17/h6,8-9,11,13,17-18,23H,3-5,7,10,12,14H2,1-2H3. The second-order valence-electron chi connectivity index (χ2n) is 7.69. The number of anilines is 1. The number of nitrogens with one attached hydrogen (secondary N) is 1. The molecule has 0 bridgehead atoms. The Morgan fingerprint density at radius 3 is 2.96 bits per heavy atom. The first-order chi connectivity index (χ1) is 13.1. The minimum atomic E-state index is -0.0168. The summed E-state index contributed by atoms with van der Waals surface area (Å²) >= 11 is 0. The summed E-state index contributed by atoms with van der Waals surface area (Å²) in [5.74, 6) is 1.51. The van der Waals surface area contributed by atoms with Crippen molar-refractivity contribution >= 4 is 5.82 Å². The van der Waals surface area contributed by atoms with Gasteiger partial charge in [-0.15, -0.1) is 0 Å². The van der Waals surface area contributed by atoms with Crippen LogP contribution in [0.2, 0.25) is 0 Å². The Labute approximate surface area is 160 Å². The number of piperidine rings is 1. The summed E-state index contributed by atoms with van der Waals surface area (Å²) in [4.78, 5) is 18.9. The maximum atomic E-state index is 12.4. The third-order valence-corrected chi connectivity index (χ3v) is 5.83. The monoisotopic (exact) mass is 368 g/mol. The average molecular weight is 368 g/mol. The number of hydrogen-bond acceptors (Lipinski definition) is 5. The van der Waals surface area contributed by atoms with Crippen molar-refractivity contribution in [2.24, 2.45) is 7.05 Å². The number of aryl methyl sites for hydroxylation is 2. The molecule has 6 nitrogen and oxygen atoms in total. The lowest BCUT2D eigenvalue weighted by Gasteiger charge is -2.37. The lowest BCUT2D eigenvalue weighted by Crippen LogP contribution is -2.51. The molecule has 1 aliphatic carbocycles. The Balaban J connectivity index is 1.42. The zero-order valence-corrected chi connectivity index (χ0v) is 16.1. The van der Waals surface area contributed by atoms with Crippen LogP contribution in [-0.2, 0) is 19.9 Å². The van der Waals surface area contributed by atoms with Crippen LogP contribution in [0.15, 0.2) is 35.4 Å². The third-order valence-electron chi connectivity index (χ3n) is 5.83. The van der Waals surface area contributed by atoms with Gasteiger partial charge in [-0.3, -0.25) is 4.79 Å². The van der Waals surface area contributed by atoms with Gasteiger partial charge in [0, 0.05) is 44.6 Å². The molecule has 2 unspecified atom stereocenters. The van der Waals surface area contributed by atoms with Crippen molar-refractivity contribution in [1.29, 1.82) is 0 Å². The minimum Gasteiger partial charge on any atom is -0.497 e. The summed E-state index contributed by atoms with van der Waals surface area (Å²) in [7, 11) is 3.50. The second-order valence-corrected chi connectivity index (χ2v) is 7.69. The van der Waals surface area contributed by atoms with Crippen LogP contribution in [0.25, 0.3) is 0 Å². The molecular formula is C21H28N4O2. The van der Waals surface area contributed by atoms with Gasteiger partial charge in [0.1, 0.15) is 5.75 Å². The highest BCUT2D eigenvalue weighted by molar-refractivity contribution is 5.38. The van der Waals surface area contributed by atoms with E-state index in [1.54, 1.807) is 31.1 Å². The fraction of sp³-hybridized carbons (Fsp3) is 0.524. The van der Waals surface area contributed by atoms with Crippen molar-refractivity contribution in [3.05, 3.63) is 52.1 Å². The second kappa shape index (κ2) is 7.72. The summed E-state index contributed by atoms with van der Waals surface area (Å²) < 4.78 is 6.99. The first-order valence-electron chi connectivity index (χ1n) is 9.82. The third kappa shape index (κ3) is 3.86. The van der Waals surface area contributed by atoms with Gasteiger partial charge in [0.25, 0.3) is 5.56 Å². The molecule has 27 heavy (non-hydrogen) atoms. The number of ether oxygens (including phenoxy) is 1. The van der Waals surface area contributed by atoms with Gasteiger partial charge < -0.3 is 19.5 Å². The van der Waals surface area contributed by atoms with Crippen molar-refractivity contribution in [1.82, 2.24) is 14.9 Å². The van der Waals surface area contributed by atoms with Crippen LogP contribution in [0.5, 0.6) is 5.75 Å². The number of aromatic nitrogens is 2. The van der Waals surface area contributed by atoms with Gasteiger partial charge in [0.2, 0.25) is 0 Å². The molecule has 2 aliphatic rings. The highest BCUT2D eigenvalue weighted by atomic mass is 16.5. The Morgan fingerprint density at radius 1 is 1.22 bits per heavy atom. The van der Waals surface area contributed by atoms with Crippen LogP contribution in [-0.4, -0.2) is 41.8 Å². The first-order valence-corrected chi connectivity index (χ1v) is 9.82. The molecule has 1 saturated heterocycles. The number of hydrogen-bond donors (Lipinski definition) is 1. The predicted octanol–water partition coefficient (Wildman–Crippen LogP) is 1.90. The lowest BCUT2D eigenvalue weighted by atomic mass is 9.87. The minimum absolute atomic E-state index is 0.0168. The highest BCUT2D eigenvalue weighted by Crippen LogP contribution is 2.26. The SMILES string of the molecule is COc1ccc2c(c1)CC(NC1CCCN(c3nccn(C)c3=O)C1)CC2. The fourth-order valence-corrected chi connectivity index (χ4v) is 4.34. The molecule has 0 spiro atoms. The van der Waals surface area contributed by atoms with Crippen molar-refractivity contribution in [2.45, 2.75) is 44.2 Å². The normalized spacial score (nSPS) is 22.4. The summed E-state index contributed by atoms with van der Waals surface area (Å²) in [6, 6.07) is 7.29. The molecule has 0 radical (unpaired) electrons. The largest absolute Gasteiger partial charge is 0.497 e. The van der Waals surface area contributed by atoms with E-state index >= 15 is 0 Å². The van der Waals surface area contributed by atoms with Crippen LogP contribution >= 0.6 is 0 Å². The summed E-state index contributed by atoms with van der Waals surface area (Å²) in [6.07, 6.45) is 8.93. The molecule has 1 aromatic carbocycles. The van der Waals surface area contributed by atoms with Crippen LogP contribution in [0, 0.1) is 0 Å². The van der Waals surface area contributed by atoms with E-state index in [0.29, 0.717) is 17.9 Å². The van der Waals surface area contributed by atoms with Gasteiger partial charge in [0.15, 0.2) is 5.82 Å². The quantitative estimate of drug-likeness (QED) is 0.893.